The quantitative estimate of drug-likeness (QED) is 0.416. The smallest absolute Gasteiger partial charge is 0.385 e. The fourth-order valence-electron chi connectivity index (χ4n) is 5.92. The number of anilines is 2. The molecule has 4 N–H and O–H groups in total. The molecule has 0 bridgehead atoms. The van der Waals surface area contributed by atoms with E-state index >= 15 is 0 Å². The van der Waals surface area contributed by atoms with Crippen molar-refractivity contribution in [3.05, 3.63) is 64.8 Å². The molecule has 2 aliphatic carbocycles. The molecule has 5 rings (SSSR count). The number of hydrogen-bond donors (Lipinski definition) is 3. The summed E-state index contributed by atoms with van der Waals surface area (Å²) in [6, 6.07) is 3.79. The first-order valence-corrected chi connectivity index (χ1v) is 11.9. The van der Waals surface area contributed by atoms with Crippen LogP contribution in [0.2, 0.25) is 5.02 Å². The summed E-state index contributed by atoms with van der Waals surface area (Å²) in [7, 11) is 5.03. The number of rotatable bonds is 4. The van der Waals surface area contributed by atoms with Gasteiger partial charge in [0.2, 0.25) is 0 Å². The summed E-state index contributed by atoms with van der Waals surface area (Å²) in [5.41, 5.74) is 4.04. The Bertz CT molecular complexity index is 1370. The predicted molar refractivity (Wildman–Crippen MR) is 127 cm³/mol. The summed E-state index contributed by atoms with van der Waals surface area (Å²) < 4.78 is 56.3. The lowest BCUT2D eigenvalue weighted by Gasteiger charge is -2.25. The van der Waals surface area contributed by atoms with Gasteiger partial charge in [-0.3, -0.25) is 14.2 Å². The lowest BCUT2D eigenvalue weighted by atomic mass is 9.87. The zero-order valence-electron chi connectivity index (χ0n) is 19.7. The van der Waals surface area contributed by atoms with Crippen LogP contribution in [0.3, 0.4) is 0 Å². The number of amides is 1. The Hall–Kier alpha value is -3.12. The molecule has 2 aromatic heterocycles. The van der Waals surface area contributed by atoms with E-state index in [9.17, 15) is 27.5 Å². The maximum Gasteiger partial charge on any atom is 0.435 e. The molecule has 8 nitrogen and oxygen atoms in total. The van der Waals surface area contributed by atoms with Gasteiger partial charge in [0.05, 0.1) is 23.4 Å². The van der Waals surface area contributed by atoms with Gasteiger partial charge in [0, 0.05) is 30.4 Å². The van der Waals surface area contributed by atoms with E-state index in [0.29, 0.717) is 18.5 Å². The van der Waals surface area contributed by atoms with Gasteiger partial charge in [0.25, 0.3) is 5.91 Å². The molecular weight excluding hydrogens is 516 g/mol. The number of carbonyl (C=O) groups excluding carboxylic acids is 1. The van der Waals surface area contributed by atoms with Gasteiger partial charge in [0.1, 0.15) is 17.2 Å². The molecule has 13 heteroatoms. The molecule has 1 radical (unpaired) electrons. The monoisotopic (exact) mass is 539 g/mol. The topological polar surface area (TPSA) is 111 Å². The summed E-state index contributed by atoms with van der Waals surface area (Å²) in [5, 5.41) is 21.7. The molecule has 0 saturated heterocycles. The highest BCUT2D eigenvalue weighted by atomic mass is 35.5. The van der Waals surface area contributed by atoms with Gasteiger partial charge in [-0.25, -0.2) is 4.39 Å². The number of benzene rings is 1. The van der Waals surface area contributed by atoms with E-state index in [1.54, 1.807) is 7.05 Å². The van der Waals surface area contributed by atoms with Gasteiger partial charge in [-0.1, -0.05) is 11.6 Å². The van der Waals surface area contributed by atoms with Crippen LogP contribution in [0, 0.1) is 24.7 Å². The number of fused-ring (bicyclic) bond motifs is 1. The lowest BCUT2D eigenvalue weighted by molar-refractivity contribution is -0.144. The highest BCUT2D eigenvalue weighted by Crippen LogP contribution is 2.58. The van der Waals surface area contributed by atoms with Crippen molar-refractivity contribution in [3.63, 3.8) is 0 Å². The largest absolute Gasteiger partial charge is 0.435 e. The maximum atomic E-state index is 13.5. The predicted octanol–water partition coefficient (Wildman–Crippen LogP) is 4.69. The number of nitrogens with two attached hydrogens (primary N) is 1. The summed E-state index contributed by atoms with van der Waals surface area (Å²) >= 11 is 5.81. The Morgan fingerprint density at radius 2 is 1.92 bits per heavy atom. The molecule has 2 aliphatic rings. The SMILES string of the molecule is [CH2]n1cc([C@@]2(O)C[C@H]3C[C@@H](c4nn(C)c(N)c4C(=O)Nc4ccc(F)c(Cl)c4)C[C@H]3C2)c(C(F)(F)F)n1. The highest BCUT2D eigenvalue weighted by molar-refractivity contribution is 6.31. The first-order chi connectivity index (χ1) is 17.3. The second kappa shape index (κ2) is 8.73. The maximum absolute atomic E-state index is 13.5. The van der Waals surface area contributed by atoms with Crippen LogP contribution in [-0.2, 0) is 18.8 Å². The number of nitrogens with zero attached hydrogens (tertiary/aromatic N) is 4. The second-order valence-corrected chi connectivity index (χ2v) is 10.3. The number of aliphatic hydroxyl groups is 1. The molecule has 1 amide bonds. The van der Waals surface area contributed by atoms with Crippen molar-refractivity contribution >= 4 is 29.0 Å². The van der Waals surface area contributed by atoms with Crippen molar-refractivity contribution in [3.8, 4) is 0 Å². The second-order valence-electron chi connectivity index (χ2n) is 9.91. The van der Waals surface area contributed by atoms with Crippen LogP contribution in [0.1, 0.15) is 58.9 Å². The number of nitrogen functional groups attached to an aromatic ring is 1. The van der Waals surface area contributed by atoms with Gasteiger partial charge in [0.15, 0.2) is 5.69 Å². The Morgan fingerprint density at radius 1 is 1.27 bits per heavy atom. The van der Waals surface area contributed by atoms with Crippen molar-refractivity contribution < 1.29 is 27.5 Å². The highest BCUT2D eigenvalue weighted by Gasteiger charge is 2.54. The molecule has 2 saturated carbocycles. The number of aryl methyl sites for hydroxylation is 1. The van der Waals surface area contributed by atoms with E-state index in [-0.39, 0.29) is 58.3 Å². The average Bonchev–Trinajstić information content (AvgIpc) is 3.52. The van der Waals surface area contributed by atoms with Gasteiger partial charge in [-0.2, -0.15) is 23.4 Å². The van der Waals surface area contributed by atoms with Crippen LogP contribution in [0.15, 0.2) is 24.4 Å². The van der Waals surface area contributed by atoms with E-state index in [4.69, 9.17) is 17.3 Å². The van der Waals surface area contributed by atoms with Crippen molar-refractivity contribution in [2.45, 2.75) is 43.4 Å². The summed E-state index contributed by atoms with van der Waals surface area (Å²) in [6.45, 7) is 0. The number of nitrogens with one attached hydrogen (secondary N) is 1. The van der Waals surface area contributed by atoms with Crippen molar-refractivity contribution in [1.29, 1.82) is 0 Å². The molecule has 0 aliphatic heterocycles. The van der Waals surface area contributed by atoms with Crippen LogP contribution in [0.5, 0.6) is 0 Å². The third kappa shape index (κ3) is 4.46. The Labute approximate surface area is 214 Å². The average molecular weight is 540 g/mol. The molecule has 197 valence electrons. The van der Waals surface area contributed by atoms with Gasteiger partial charge < -0.3 is 16.2 Å². The lowest BCUT2D eigenvalue weighted by Crippen LogP contribution is -2.26. The van der Waals surface area contributed by atoms with Crippen LogP contribution >= 0.6 is 11.6 Å². The summed E-state index contributed by atoms with van der Waals surface area (Å²) in [4.78, 5) is 13.1. The first kappa shape index (κ1) is 25.5. The molecule has 2 heterocycles. The number of carbonyl (C=O) groups is 1. The number of halogens is 5. The van der Waals surface area contributed by atoms with Crippen molar-refractivity contribution in [2.24, 2.45) is 18.9 Å². The normalized spacial score (nSPS) is 25.5. The van der Waals surface area contributed by atoms with E-state index in [0.717, 1.165) is 16.9 Å². The zero-order chi connectivity index (χ0) is 26.9. The fraction of sp³-hybridized carbons (Fsp3) is 0.417. The molecular formula is C24H24ClF4N6O2. The summed E-state index contributed by atoms with van der Waals surface area (Å²) in [6.07, 6.45) is -2.29. The van der Waals surface area contributed by atoms with Gasteiger partial charge in [-0.15, -0.1) is 0 Å². The minimum absolute atomic E-state index is 0.0840. The van der Waals surface area contributed by atoms with Gasteiger partial charge >= 0.3 is 6.18 Å². The molecule has 3 aromatic rings. The minimum atomic E-state index is -4.71. The summed E-state index contributed by atoms with van der Waals surface area (Å²) in [5.74, 6) is -1.36. The molecule has 4 atom stereocenters. The molecule has 2 fully saturated rings. The molecule has 0 spiro atoms. The third-order valence-corrected chi connectivity index (χ3v) is 7.77. The van der Waals surface area contributed by atoms with E-state index < -0.39 is 29.2 Å². The Kier molecular flexibility index (Phi) is 6.02. The standard InChI is InChI=1S/C24H24ClF4N6O2/c1-34-10-15(20(33-34)24(27,28)29)23(37)8-12-5-11(6-13(12)9-23)19-18(21(30)35(2)32-19)22(36)31-14-3-4-17(26)16(25)7-14/h3-4,7,10-13,37H,1,5-6,8-9,30H2,2H3,(H,31,36)/t11-,12-,13+,23-. The minimum Gasteiger partial charge on any atom is -0.385 e. The van der Waals surface area contributed by atoms with Crippen LogP contribution in [0.4, 0.5) is 29.1 Å². The van der Waals surface area contributed by atoms with E-state index in [2.05, 4.69) is 22.6 Å². The van der Waals surface area contributed by atoms with Gasteiger partial charge in [-0.05, 0) is 55.7 Å². The number of aromatic nitrogens is 4. The third-order valence-electron chi connectivity index (χ3n) is 7.48. The van der Waals surface area contributed by atoms with Crippen molar-refractivity contribution in [1.82, 2.24) is 19.6 Å². The fourth-order valence-corrected chi connectivity index (χ4v) is 6.10. The molecule has 0 unspecified atom stereocenters. The van der Waals surface area contributed by atoms with Crippen molar-refractivity contribution in [2.75, 3.05) is 11.1 Å². The Balaban J connectivity index is 1.37. The number of hydrogen-bond acceptors (Lipinski definition) is 5. The van der Waals surface area contributed by atoms with Crippen LogP contribution in [0.25, 0.3) is 0 Å². The number of alkyl halides is 3. The van der Waals surface area contributed by atoms with E-state index in [1.165, 1.54) is 16.8 Å². The van der Waals surface area contributed by atoms with E-state index in [1.807, 2.05) is 0 Å². The zero-order valence-corrected chi connectivity index (χ0v) is 20.4. The molecule has 1 aromatic carbocycles. The Morgan fingerprint density at radius 3 is 2.51 bits per heavy atom. The molecule has 37 heavy (non-hydrogen) atoms. The first-order valence-electron chi connectivity index (χ1n) is 11.6. The van der Waals surface area contributed by atoms with Crippen LogP contribution in [-0.4, -0.2) is 30.6 Å². The van der Waals surface area contributed by atoms with Crippen LogP contribution < -0.4 is 11.1 Å².